The molecule has 0 spiro atoms. The highest BCUT2D eigenvalue weighted by Crippen LogP contribution is 2.30. The van der Waals surface area contributed by atoms with Gasteiger partial charge in [0, 0.05) is 39.9 Å². The molecule has 1 heterocycles. The fourth-order valence-corrected chi connectivity index (χ4v) is 5.27. The van der Waals surface area contributed by atoms with Crippen LogP contribution in [0.5, 0.6) is 5.75 Å². The smallest absolute Gasteiger partial charge is 0.246 e. The molecule has 1 aliphatic rings. The van der Waals surface area contributed by atoms with Crippen molar-refractivity contribution in [1.29, 1.82) is 0 Å². The lowest BCUT2D eigenvalue weighted by Gasteiger charge is -2.26. The fourth-order valence-electron chi connectivity index (χ4n) is 1.85. The molecule has 5 nitrogen and oxygen atoms in total. The second-order valence-electron chi connectivity index (χ2n) is 4.05. The van der Waals surface area contributed by atoms with Crippen molar-refractivity contribution in [2.75, 3.05) is 31.7 Å². The molecule has 8 heteroatoms. The Balaban J connectivity index is 2.39. The highest BCUT2D eigenvalue weighted by molar-refractivity contribution is 9.10. The maximum atomic E-state index is 12.6. The van der Waals surface area contributed by atoms with Gasteiger partial charge in [-0.3, -0.25) is 4.21 Å². The van der Waals surface area contributed by atoms with Crippen molar-refractivity contribution in [3.05, 3.63) is 22.7 Å². The van der Waals surface area contributed by atoms with E-state index >= 15 is 0 Å². The zero-order valence-corrected chi connectivity index (χ0v) is 13.6. The number of nitrogens with zero attached hydrogens (tertiary/aromatic N) is 1. The van der Waals surface area contributed by atoms with Gasteiger partial charge in [0.1, 0.15) is 10.6 Å². The molecule has 106 valence electrons. The molecular formula is C11H14BrNO4S2. The van der Waals surface area contributed by atoms with Gasteiger partial charge in [0.05, 0.1) is 7.11 Å². The first-order chi connectivity index (χ1) is 8.95. The minimum absolute atomic E-state index is 0.136. The lowest BCUT2D eigenvalue weighted by molar-refractivity contribution is 0.394. The van der Waals surface area contributed by atoms with E-state index < -0.39 is 20.8 Å². The fraction of sp³-hybridized carbons (Fsp3) is 0.455. The molecule has 2 rings (SSSR count). The molecule has 1 fully saturated rings. The monoisotopic (exact) mass is 367 g/mol. The third-order valence-corrected chi connectivity index (χ3v) is 6.57. The average molecular weight is 368 g/mol. The highest BCUT2D eigenvalue weighted by atomic mass is 79.9. The first kappa shape index (κ1) is 15.0. The predicted octanol–water partition coefficient (Wildman–Crippen LogP) is 1.21. The van der Waals surface area contributed by atoms with E-state index in [9.17, 15) is 12.6 Å². The van der Waals surface area contributed by atoms with Crippen LogP contribution in [0.4, 0.5) is 0 Å². The van der Waals surface area contributed by atoms with Gasteiger partial charge in [0.2, 0.25) is 10.0 Å². The van der Waals surface area contributed by atoms with Gasteiger partial charge >= 0.3 is 0 Å². The molecule has 1 aromatic rings. The summed E-state index contributed by atoms with van der Waals surface area (Å²) in [5.74, 6) is 1.08. The first-order valence-electron chi connectivity index (χ1n) is 5.64. The van der Waals surface area contributed by atoms with Gasteiger partial charge < -0.3 is 4.74 Å². The molecule has 0 unspecified atom stereocenters. The minimum Gasteiger partial charge on any atom is -0.495 e. The molecule has 0 N–H and O–H groups in total. The maximum absolute atomic E-state index is 12.6. The van der Waals surface area contributed by atoms with Crippen LogP contribution in [-0.2, 0) is 20.8 Å². The molecule has 0 amide bonds. The number of benzene rings is 1. The van der Waals surface area contributed by atoms with Gasteiger partial charge in [-0.05, 0) is 18.2 Å². The average Bonchev–Trinajstić information content (AvgIpc) is 2.39. The molecule has 0 bridgehead atoms. The van der Waals surface area contributed by atoms with Crippen LogP contribution in [0, 0.1) is 0 Å². The van der Waals surface area contributed by atoms with E-state index in [-0.39, 0.29) is 18.0 Å². The van der Waals surface area contributed by atoms with E-state index in [1.807, 2.05) is 0 Å². The number of hydrogen-bond acceptors (Lipinski definition) is 4. The number of ether oxygens (including phenoxy) is 1. The van der Waals surface area contributed by atoms with Crippen LogP contribution in [0.2, 0.25) is 0 Å². The minimum atomic E-state index is -3.61. The Morgan fingerprint density at radius 3 is 2.53 bits per heavy atom. The standard InChI is InChI=1S/C11H14BrNO4S2/c1-17-10-3-2-9(12)8-11(10)19(15,16)13-4-6-18(14)7-5-13/h2-3,8H,4-7H2,1H3. The molecular weight excluding hydrogens is 354 g/mol. The number of hydrogen-bond donors (Lipinski definition) is 0. The molecule has 0 radical (unpaired) electrons. The van der Waals surface area contributed by atoms with Crippen LogP contribution >= 0.6 is 15.9 Å². The van der Waals surface area contributed by atoms with Crippen molar-refractivity contribution in [3.63, 3.8) is 0 Å². The number of methoxy groups -OCH3 is 1. The molecule has 1 aliphatic heterocycles. The molecule has 0 aromatic heterocycles. The third-order valence-electron chi connectivity index (χ3n) is 2.88. The van der Waals surface area contributed by atoms with Crippen LogP contribution < -0.4 is 4.74 Å². The number of sulfonamides is 1. The summed E-state index contributed by atoms with van der Waals surface area (Å²) in [6.07, 6.45) is 0. The third kappa shape index (κ3) is 3.18. The van der Waals surface area contributed by atoms with Gasteiger partial charge in [-0.25, -0.2) is 8.42 Å². The van der Waals surface area contributed by atoms with Crippen molar-refractivity contribution in [2.24, 2.45) is 0 Å². The topological polar surface area (TPSA) is 63.7 Å². The summed E-state index contributed by atoms with van der Waals surface area (Å²) in [6.45, 7) is 0.565. The largest absolute Gasteiger partial charge is 0.495 e. The molecule has 1 saturated heterocycles. The summed E-state index contributed by atoms with van der Waals surface area (Å²) in [7, 11) is -3.08. The summed E-state index contributed by atoms with van der Waals surface area (Å²) in [4.78, 5) is 0.136. The Bertz CT molecular complexity index is 593. The summed E-state index contributed by atoms with van der Waals surface area (Å²) in [5.41, 5.74) is 0. The van der Waals surface area contributed by atoms with Crippen molar-refractivity contribution in [2.45, 2.75) is 4.90 Å². The van der Waals surface area contributed by atoms with Gasteiger partial charge in [-0.15, -0.1) is 0 Å². The molecule has 1 aromatic carbocycles. The summed E-state index contributed by atoms with van der Waals surface area (Å²) in [5, 5.41) is 0. The Labute approximate surface area is 123 Å². The Morgan fingerprint density at radius 2 is 1.95 bits per heavy atom. The van der Waals surface area contributed by atoms with Gasteiger partial charge in [-0.2, -0.15) is 4.31 Å². The Kier molecular flexibility index (Phi) is 4.65. The highest BCUT2D eigenvalue weighted by Gasteiger charge is 2.30. The zero-order valence-electron chi connectivity index (χ0n) is 10.3. The predicted molar refractivity (Wildman–Crippen MR) is 77.3 cm³/mol. The van der Waals surface area contributed by atoms with Crippen molar-refractivity contribution >= 4 is 36.8 Å². The van der Waals surface area contributed by atoms with E-state index in [0.717, 1.165) is 0 Å². The maximum Gasteiger partial charge on any atom is 0.246 e. The van der Waals surface area contributed by atoms with Gasteiger partial charge in [0.25, 0.3) is 0 Å². The molecule has 19 heavy (non-hydrogen) atoms. The first-order valence-corrected chi connectivity index (χ1v) is 9.36. The van der Waals surface area contributed by atoms with Crippen molar-refractivity contribution in [1.82, 2.24) is 4.31 Å². The summed E-state index contributed by atoms with van der Waals surface area (Å²) < 4.78 is 43.6. The second-order valence-corrected chi connectivity index (χ2v) is 8.57. The Morgan fingerprint density at radius 1 is 1.32 bits per heavy atom. The van der Waals surface area contributed by atoms with Gasteiger partial charge in [0.15, 0.2) is 0 Å². The lowest BCUT2D eigenvalue weighted by Crippen LogP contribution is -2.41. The van der Waals surface area contributed by atoms with E-state index in [2.05, 4.69) is 15.9 Å². The molecule has 0 atom stereocenters. The lowest BCUT2D eigenvalue weighted by atomic mass is 10.3. The van der Waals surface area contributed by atoms with Crippen LogP contribution in [0.1, 0.15) is 0 Å². The summed E-state index contributed by atoms with van der Waals surface area (Å²) in [6, 6.07) is 4.86. The van der Waals surface area contributed by atoms with E-state index in [0.29, 0.717) is 21.7 Å². The molecule has 0 aliphatic carbocycles. The zero-order chi connectivity index (χ0) is 14.0. The van der Waals surface area contributed by atoms with E-state index in [1.54, 1.807) is 12.1 Å². The van der Waals surface area contributed by atoms with E-state index in [4.69, 9.17) is 4.74 Å². The van der Waals surface area contributed by atoms with Crippen LogP contribution in [0.15, 0.2) is 27.6 Å². The van der Waals surface area contributed by atoms with Gasteiger partial charge in [-0.1, -0.05) is 15.9 Å². The number of rotatable bonds is 3. The SMILES string of the molecule is COc1ccc(Br)cc1S(=O)(=O)N1CCS(=O)CC1. The number of halogens is 1. The van der Waals surface area contributed by atoms with Crippen molar-refractivity contribution in [3.8, 4) is 5.75 Å². The second kappa shape index (κ2) is 5.90. The van der Waals surface area contributed by atoms with Crippen LogP contribution in [0.3, 0.4) is 0 Å². The quantitative estimate of drug-likeness (QED) is 0.805. The van der Waals surface area contributed by atoms with Crippen LogP contribution in [-0.4, -0.2) is 48.6 Å². The van der Waals surface area contributed by atoms with Crippen LogP contribution in [0.25, 0.3) is 0 Å². The molecule has 0 saturated carbocycles. The summed E-state index contributed by atoms with van der Waals surface area (Å²) >= 11 is 3.26. The normalized spacial score (nSPS) is 18.4. The van der Waals surface area contributed by atoms with E-state index in [1.165, 1.54) is 17.5 Å². The van der Waals surface area contributed by atoms with Crippen molar-refractivity contribution < 1.29 is 17.4 Å². The Hall–Kier alpha value is -0.440.